The molecule has 108 valence electrons. The number of nitrogens with two attached hydrogens (primary N) is 1. The van der Waals surface area contributed by atoms with E-state index in [9.17, 15) is 4.79 Å². The Morgan fingerprint density at radius 3 is 2.85 bits per heavy atom. The summed E-state index contributed by atoms with van der Waals surface area (Å²) < 4.78 is 0. The van der Waals surface area contributed by atoms with E-state index in [4.69, 9.17) is 11.0 Å². The van der Waals surface area contributed by atoms with E-state index in [0.717, 1.165) is 17.8 Å². The minimum Gasteiger partial charge on any atom is -0.398 e. The van der Waals surface area contributed by atoms with Gasteiger partial charge in [-0.1, -0.05) is 13.0 Å². The van der Waals surface area contributed by atoms with Crippen LogP contribution in [-0.4, -0.2) is 30.4 Å². The van der Waals surface area contributed by atoms with Crippen molar-refractivity contribution in [2.45, 2.75) is 20.8 Å². The van der Waals surface area contributed by atoms with Crippen LogP contribution in [0.3, 0.4) is 0 Å². The van der Waals surface area contributed by atoms with Crippen molar-refractivity contribution in [3.05, 3.63) is 23.8 Å². The Hall–Kier alpha value is -2.06. The van der Waals surface area contributed by atoms with Crippen molar-refractivity contribution >= 4 is 17.3 Å². The monoisotopic (exact) mass is 274 g/mol. The quantitative estimate of drug-likeness (QED) is 0.777. The van der Waals surface area contributed by atoms with E-state index in [1.807, 2.05) is 37.8 Å². The predicted octanol–water partition coefficient (Wildman–Crippen LogP) is 2.00. The van der Waals surface area contributed by atoms with Crippen molar-refractivity contribution in [1.29, 1.82) is 5.26 Å². The Balaban J connectivity index is 2.62. The highest BCUT2D eigenvalue weighted by atomic mass is 16.2. The van der Waals surface area contributed by atoms with Crippen LogP contribution >= 0.6 is 0 Å². The Labute approximate surface area is 120 Å². The zero-order valence-electron chi connectivity index (χ0n) is 12.3. The molecular weight excluding hydrogens is 252 g/mol. The van der Waals surface area contributed by atoms with Gasteiger partial charge in [-0.3, -0.25) is 9.69 Å². The Bertz CT molecular complexity index is 507. The van der Waals surface area contributed by atoms with Gasteiger partial charge in [0, 0.05) is 17.9 Å². The number of anilines is 2. The predicted molar refractivity (Wildman–Crippen MR) is 81.1 cm³/mol. The number of rotatable bonds is 6. The number of likely N-dealkylation sites (N-methyl/N-ethyl adjacent to an activating group) is 1. The van der Waals surface area contributed by atoms with E-state index < -0.39 is 0 Å². The number of nitrogens with one attached hydrogen (secondary N) is 1. The molecule has 0 radical (unpaired) electrons. The third-order valence-corrected chi connectivity index (χ3v) is 3.22. The van der Waals surface area contributed by atoms with Crippen LogP contribution in [0.4, 0.5) is 11.4 Å². The average Bonchev–Trinajstić information content (AvgIpc) is 2.42. The van der Waals surface area contributed by atoms with E-state index in [1.54, 1.807) is 6.07 Å². The Morgan fingerprint density at radius 1 is 1.55 bits per heavy atom. The molecule has 1 aromatic carbocycles. The molecule has 1 aromatic rings. The largest absolute Gasteiger partial charge is 0.398 e. The lowest BCUT2D eigenvalue weighted by atomic mass is 10.1. The number of carbonyl (C=O) groups is 1. The van der Waals surface area contributed by atoms with Gasteiger partial charge in [0.2, 0.25) is 5.91 Å². The van der Waals surface area contributed by atoms with Crippen molar-refractivity contribution in [2.24, 2.45) is 5.92 Å². The molecule has 0 aliphatic rings. The van der Waals surface area contributed by atoms with Gasteiger partial charge in [-0.2, -0.15) is 5.26 Å². The summed E-state index contributed by atoms with van der Waals surface area (Å²) in [4.78, 5) is 14.0. The maximum Gasteiger partial charge on any atom is 0.238 e. The summed E-state index contributed by atoms with van der Waals surface area (Å²) in [5, 5.41) is 11.7. The van der Waals surface area contributed by atoms with Crippen LogP contribution in [0, 0.1) is 24.2 Å². The molecular formula is C15H22N4O. The number of hydrogen-bond donors (Lipinski definition) is 2. The van der Waals surface area contributed by atoms with Gasteiger partial charge in [-0.25, -0.2) is 0 Å². The first kappa shape index (κ1) is 16.0. The zero-order chi connectivity index (χ0) is 15.1. The van der Waals surface area contributed by atoms with Crippen molar-refractivity contribution < 1.29 is 4.79 Å². The molecule has 0 spiro atoms. The van der Waals surface area contributed by atoms with E-state index in [2.05, 4.69) is 11.4 Å². The summed E-state index contributed by atoms with van der Waals surface area (Å²) in [7, 11) is 0. The summed E-state index contributed by atoms with van der Waals surface area (Å²) in [5.74, 6) is -0.178. The standard InChI is InChI=1S/C15H22N4O/c1-4-19(9-11(2)8-16)10-15(20)18-14-7-5-6-13(17)12(14)3/h5-7,11H,4,9-10,17H2,1-3H3,(H,18,20). The summed E-state index contributed by atoms with van der Waals surface area (Å²) in [6.45, 7) is 7.30. The average molecular weight is 274 g/mol. The molecule has 0 aromatic heterocycles. The minimum atomic E-state index is -0.0920. The highest BCUT2D eigenvalue weighted by Crippen LogP contribution is 2.20. The highest BCUT2D eigenvalue weighted by Gasteiger charge is 2.13. The summed E-state index contributed by atoms with van der Waals surface area (Å²) in [6, 6.07) is 7.63. The number of nitrogen functional groups attached to an aromatic ring is 1. The van der Waals surface area contributed by atoms with Crippen molar-refractivity contribution in [2.75, 3.05) is 30.7 Å². The molecule has 0 fully saturated rings. The molecule has 20 heavy (non-hydrogen) atoms. The fourth-order valence-electron chi connectivity index (χ4n) is 1.92. The summed E-state index contributed by atoms with van der Waals surface area (Å²) in [6.07, 6.45) is 0. The van der Waals surface area contributed by atoms with Crippen molar-refractivity contribution in [3.8, 4) is 6.07 Å². The molecule has 3 N–H and O–H groups in total. The summed E-state index contributed by atoms with van der Waals surface area (Å²) in [5.41, 5.74) is 8.08. The Morgan fingerprint density at radius 2 is 2.25 bits per heavy atom. The zero-order valence-corrected chi connectivity index (χ0v) is 12.3. The van der Waals surface area contributed by atoms with Gasteiger partial charge in [0.25, 0.3) is 0 Å². The van der Waals surface area contributed by atoms with E-state index in [1.165, 1.54) is 0 Å². The van der Waals surface area contributed by atoms with Gasteiger partial charge >= 0.3 is 0 Å². The van der Waals surface area contributed by atoms with Gasteiger partial charge in [0.05, 0.1) is 18.5 Å². The molecule has 0 aliphatic carbocycles. The van der Waals surface area contributed by atoms with Crippen LogP contribution < -0.4 is 11.1 Å². The van der Waals surface area contributed by atoms with Crippen molar-refractivity contribution in [3.63, 3.8) is 0 Å². The van der Waals surface area contributed by atoms with Crippen LogP contribution in [0.5, 0.6) is 0 Å². The lowest BCUT2D eigenvalue weighted by Gasteiger charge is -2.21. The fraction of sp³-hybridized carbons (Fsp3) is 0.467. The molecule has 0 bridgehead atoms. The molecule has 1 amide bonds. The minimum absolute atomic E-state index is 0.0862. The van der Waals surface area contributed by atoms with Gasteiger partial charge in [-0.15, -0.1) is 0 Å². The first-order valence-corrected chi connectivity index (χ1v) is 6.74. The smallest absolute Gasteiger partial charge is 0.238 e. The molecule has 0 saturated heterocycles. The van der Waals surface area contributed by atoms with Crippen molar-refractivity contribution in [1.82, 2.24) is 4.90 Å². The third-order valence-electron chi connectivity index (χ3n) is 3.22. The molecule has 1 atom stereocenters. The van der Waals surface area contributed by atoms with E-state index in [0.29, 0.717) is 12.2 Å². The lowest BCUT2D eigenvalue weighted by Crippen LogP contribution is -2.35. The molecule has 1 unspecified atom stereocenters. The second-order valence-electron chi connectivity index (χ2n) is 4.93. The number of hydrogen-bond acceptors (Lipinski definition) is 4. The lowest BCUT2D eigenvalue weighted by molar-refractivity contribution is -0.117. The molecule has 0 saturated carbocycles. The Kier molecular flexibility index (Phi) is 6.01. The third kappa shape index (κ3) is 4.56. The van der Waals surface area contributed by atoms with Crippen LogP contribution in [0.1, 0.15) is 19.4 Å². The van der Waals surface area contributed by atoms with Crippen LogP contribution in [0.2, 0.25) is 0 Å². The number of carbonyl (C=O) groups excluding carboxylic acids is 1. The normalized spacial score (nSPS) is 11.9. The molecule has 5 heteroatoms. The second-order valence-corrected chi connectivity index (χ2v) is 4.93. The van der Waals surface area contributed by atoms with Gasteiger partial charge in [-0.05, 0) is 38.1 Å². The molecule has 0 aliphatic heterocycles. The van der Waals surface area contributed by atoms with Crippen LogP contribution in [0.15, 0.2) is 18.2 Å². The second kappa shape index (κ2) is 7.51. The van der Waals surface area contributed by atoms with Crippen LogP contribution in [-0.2, 0) is 4.79 Å². The number of nitrogens with zero attached hydrogens (tertiary/aromatic N) is 2. The van der Waals surface area contributed by atoms with Gasteiger partial charge in [0.15, 0.2) is 0 Å². The fourth-order valence-corrected chi connectivity index (χ4v) is 1.92. The maximum atomic E-state index is 12.0. The first-order chi connectivity index (χ1) is 9.47. The van der Waals surface area contributed by atoms with Gasteiger partial charge < -0.3 is 11.1 Å². The number of nitriles is 1. The molecule has 5 nitrogen and oxygen atoms in total. The SMILES string of the molecule is CCN(CC(=O)Nc1cccc(N)c1C)CC(C)C#N. The number of benzene rings is 1. The molecule has 0 heterocycles. The topological polar surface area (TPSA) is 82.2 Å². The first-order valence-electron chi connectivity index (χ1n) is 6.74. The maximum absolute atomic E-state index is 12.0. The van der Waals surface area contributed by atoms with E-state index >= 15 is 0 Å². The van der Waals surface area contributed by atoms with Crippen LogP contribution in [0.25, 0.3) is 0 Å². The van der Waals surface area contributed by atoms with E-state index in [-0.39, 0.29) is 18.4 Å². The highest BCUT2D eigenvalue weighted by molar-refractivity contribution is 5.93. The molecule has 1 rings (SSSR count). The summed E-state index contributed by atoms with van der Waals surface area (Å²) >= 11 is 0. The van der Waals surface area contributed by atoms with Gasteiger partial charge in [0.1, 0.15) is 0 Å². The number of amides is 1.